The highest BCUT2D eigenvalue weighted by Crippen LogP contribution is 2.25. The molecular formula is C19H18BrN3O4. The number of nitro benzene ring substituents is 1. The smallest absolute Gasteiger partial charge is 0.272 e. The molecule has 0 spiro atoms. The molecule has 0 aromatic heterocycles. The SMILES string of the molecule is Cc1cc(C(=O)N2CCCC2C(=O)Nc2cccc(Br)c2)ccc1[N+](=O)[O-]. The van der Waals surface area contributed by atoms with Crippen LogP contribution >= 0.6 is 15.9 Å². The summed E-state index contributed by atoms with van der Waals surface area (Å²) in [7, 11) is 0. The summed E-state index contributed by atoms with van der Waals surface area (Å²) in [6.45, 7) is 2.07. The first-order valence-electron chi connectivity index (χ1n) is 8.49. The standard InChI is InChI=1S/C19H18BrN3O4/c1-12-10-13(7-8-16(12)23(26)27)19(25)22-9-3-6-17(22)18(24)21-15-5-2-4-14(20)11-15/h2,4-5,7-8,10-11,17H,3,6,9H2,1H3,(H,21,24). The minimum absolute atomic E-state index is 0.0306. The highest BCUT2D eigenvalue weighted by molar-refractivity contribution is 9.10. The van der Waals surface area contributed by atoms with Crippen molar-refractivity contribution in [2.75, 3.05) is 11.9 Å². The first-order valence-corrected chi connectivity index (χ1v) is 9.28. The Labute approximate surface area is 164 Å². The first kappa shape index (κ1) is 19.0. The maximum Gasteiger partial charge on any atom is 0.272 e. The van der Waals surface area contributed by atoms with Gasteiger partial charge < -0.3 is 10.2 Å². The summed E-state index contributed by atoms with van der Waals surface area (Å²) >= 11 is 3.36. The number of hydrogen-bond donors (Lipinski definition) is 1. The van der Waals surface area contributed by atoms with E-state index in [1.807, 2.05) is 12.1 Å². The average molecular weight is 432 g/mol. The summed E-state index contributed by atoms with van der Waals surface area (Å²) in [5, 5.41) is 13.8. The van der Waals surface area contributed by atoms with Crippen molar-refractivity contribution in [2.24, 2.45) is 0 Å². The second-order valence-electron chi connectivity index (χ2n) is 6.41. The predicted molar refractivity (Wildman–Crippen MR) is 105 cm³/mol. The molecule has 0 bridgehead atoms. The van der Waals surface area contributed by atoms with Crippen LogP contribution in [0.5, 0.6) is 0 Å². The predicted octanol–water partition coefficient (Wildman–Crippen LogP) is 3.91. The summed E-state index contributed by atoms with van der Waals surface area (Å²) < 4.78 is 0.848. The third-order valence-corrected chi connectivity index (χ3v) is 5.04. The number of anilines is 1. The lowest BCUT2D eigenvalue weighted by Gasteiger charge is -2.24. The summed E-state index contributed by atoms with van der Waals surface area (Å²) in [6.07, 6.45) is 1.31. The van der Waals surface area contributed by atoms with E-state index in [1.54, 1.807) is 19.1 Å². The molecule has 7 nitrogen and oxygen atoms in total. The van der Waals surface area contributed by atoms with Gasteiger partial charge >= 0.3 is 0 Å². The van der Waals surface area contributed by atoms with Gasteiger partial charge in [-0.05, 0) is 50.1 Å². The van der Waals surface area contributed by atoms with E-state index in [4.69, 9.17) is 0 Å². The second-order valence-corrected chi connectivity index (χ2v) is 7.33. The van der Waals surface area contributed by atoms with E-state index in [1.165, 1.54) is 23.1 Å². The van der Waals surface area contributed by atoms with Gasteiger partial charge in [0, 0.05) is 33.9 Å². The van der Waals surface area contributed by atoms with Crippen LogP contribution < -0.4 is 5.32 Å². The Morgan fingerprint density at radius 3 is 2.70 bits per heavy atom. The Balaban J connectivity index is 1.77. The number of nitrogens with one attached hydrogen (secondary N) is 1. The van der Waals surface area contributed by atoms with Crippen molar-refractivity contribution in [3.63, 3.8) is 0 Å². The van der Waals surface area contributed by atoms with Crippen molar-refractivity contribution in [3.8, 4) is 0 Å². The van der Waals surface area contributed by atoms with Crippen LogP contribution in [0.15, 0.2) is 46.9 Å². The molecule has 0 radical (unpaired) electrons. The van der Waals surface area contributed by atoms with Gasteiger partial charge in [0.2, 0.25) is 5.91 Å². The van der Waals surface area contributed by atoms with Gasteiger partial charge in [0.1, 0.15) is 6.04 Å². The van der Waals surface area contributed by atoms with E-state index in [2.05, 4.69) is 21.2 Å². The number of hydrogen-bond acceptors (Lipinski definition) is 4. The molecule has 1 aliphatic rings. The Bertz CT molecular complexity index is 916. The van der Waals surface area contributed by atoms with Crippen LogP contribution in [0.4, 0.5) is 11.4 Å². The largest absolute Gasteiger partial charge is 0.327 e. The Kier molecular flexibility index (Phi) is 5.55. The molecule has 0 saturated carbocycles. The van der Waals surface area contributed by atoms with Crippen LogP contribution in [0, 0.1) is 17.0 Å². The van der Waals surface area contributed by atoms with Crippen LogP contribution in [0.1, 0.15) is 28.8 Å². The third-order valence-electron chi connectivity index (χ3n) is 4.55. The van der Waals surface area contributed by atoms with E-state index >= 15 is 0 Å². The molecule has 2 aromatic carbocycles. The van der Waals surface area contributed by atoms with Gasteiger partial charge in [0.25, 0.3) is 11.6 Å². The zero-order chi connectivity index (χ0) is 19.6. The molecule has 1 aliphatic heterocycles. The fourth-order valence-electron chi connectivity index (χ4n) is 3.23. The van der Waals surface area contributed by atoms with Gasteiger partial charge in [-0.1, -0.05) is 22.0 Å². The second kappa shape index (κ2) is 7.87. The van der Waals surface area contributed by atoms with Crippen molar-refractivity contribution >= 4 is 39.1 Å². The number of rotatable bonds is 4. The molecular weight excluding hydrogens is 414 g/mol. The fraction of sp³-hybridized carbons (Fsp3) is 0.263. The third kappa shape index (κ3) is 4.16. The van der Waals surface area contributed by atoms with Crippen molar-refractivity contribution < 1.29 is 14.5 Å². The summed E-state index contributed by atoms with van der Waals surface area (Å²) in [5.41, 5.74) is 1.39. The molecule has 2 amide bonds. The molecule has 140 valence electrons. The van der Waals surface area contributed by atoms with Crippen LogP contribution in [0.25, 0.3) is 0 Å². The molecule has 8 heteroatoms. The number of carbonyl (C=O) groups is 2. The first-order chi connectivity index (χ1) is 12.9. The van der Waals surface area contributed by atoms with Gasteiger partial charge in [-0.2, -0.15) is 0 Å². The van der Waals surface area contributed by atoms with Gasteiger partial charge in [0.15, 0.2) is 0 Å². The monoisotopic (exact) mass is 431 g/mol. The normalized spacial score (nSPS) is 16.2. The number of nitrogens with zero attached hydrogens (tertiary/aromatic N) is 2. The zero-order valence-corrected chi connectivity index (χ0v) is 16.2. The number of carbonyl (C=O) groups excluding carboxylic acids is 2. The number of likely N-dealkylation sites (tertiary alicyclic amines) is 1. The minimum Gasteiger partial charge on any atom is -0.327 e. The van der Waals surface area contributed by atoms with Crippen molar-refractivity contribution in [1.29, 1.82) is 0 Å². The lowest BCUT2D eigenvalue weighted by Crippen LogP contribution is -2.43. The van der Waals surface area contributed by atoms with E-state index in [0.717, 1.165) is 10.9 Å². The fourth-order valence-corrected chi connectivity index (χ4v) is 3.63. The molecule has 27 heavy (non-hydrogen) atoms. The zero-order valence-electron chi connectivity index (χ0n) is 14.6. The number of benzene rings is 2. The molecule has 1 unspecified atom stereocenters. The lowest BCUT2D eigenvalue weighted by molar-refractivity contribution is -0.385. The number of aryl methyl sites for hydroxylation is 1. The van der Waals surface area contributed by atoms with E-state index in [-0.39, 0.29) is 17.5 Å². The van der Waals surface area contributed by atoms with Crippen molar-refractivity contribution in [2.45, 2.75) is 25.8 Å². The molecule has 2 aromatic rings. The Morgan fingerprint density at radius 1 is 1.26 bits per heavy atom. The van der Waals surface area contributed by atoms with Crippen molar-refractivity contribution in [1.82, 2.24) is 4.90 Å². The molecule has 1 N–H and O–H groups in total. The Morgan fingerprint density at radius 2 is 2.04 bits per heavy atom. The van der Waals surface area contributed by atoms with E-state index in [9.17, 15) is 19.7 Å². The molecule has 1 atom stereocenters. The Hall–Kier alpha value is -2.74. The summed E-state index contributed by atoms with van der Waals surface area (Å²) in [4.78, 5) is 37.6. The lowest BCUT2D eigenvalue weighted by atomic mass is 10.1. The quantitative estimate of drug-likeness (QED) is 0.586. The molecule has 1 heterocycles. The number of halogens is 1. The maximum absolute atomic E-state index is 12.9. The van der Waals surface area contributed by atoms with Crippen LogP contribution in [-0.2, 0) is 4.79 Å². The van der Waals surface area contributed by atoms with Crippen LogP contribution in [-0.4, -0.2) is 34.2 Å². The molecule has 1 fully saturated rings. The van der Waals surface area contributed by atoms with Crippen LogP contribution in [0.3, 0.4) is 0 Å². The summed E-state index contributed by atoms with van der Waals surface area (Å²) in [5.74, 6) is -0.530. The highest BCUT2D eigenvalue weighted by Gasteiger charge is 2.34. The van der Waals surface area contributed by atoms with Crippen LogP contribution in [0.2, 0.25) is 0 Å². The van der Waals surface area contributed by atoms with E-state index < -0.39 is 11.0 Å². The number of nitro groups is 1. The van der Waals surface area contributed by atoms with E-state index in [0.29, 0.717) is 29.8 Å². The van der Waals surface area contributed by atoms with Crippen molar-refractivity contribution in [3.05, 3.63) is 68.2 Å². The minimum atomic E-state index is -0.563. The molecule has 0 aliphatic carbocycles. The van der Waals surface area contributed by atoms with Gasteiger partial charge in [-0.3, -0.25) is 19.7 Å². The average Bonchev–Trinajstić information content (AvgIpc) is 3.10. The summed E-state index contributed by atoms with van der Waals surface area (Å²) in [6, 6.07) is 11.0. The maximum atomic E-state index is 12.9. The number of amides is 2. The van der Waals surface area contributed by atoms with Gasteiger partial charge in [-0.15, -0.1) is 0 Å². The van der Waals surface area contributed by atoms with Gasteiger partial charge in [0.05, 0.1) is 4.92 Å². The highest BCUT2D eigenvalue weighted by atomic mass is 79.9. The molecule has 1 saturated heterocycles. The topological polar surface area (TPSA) is 92.6 Å². The molecule has 3 rings (SSSR count). The van der Waals surface area contributed by atoms with Gasteiger partial charge in [-0.25, -0.2) is 0 Å².